The summed E-state index contributed by atoms with van der Waals surface area (Å²) in [5.74, 6) is 0.348. The lowest BCUT2D eigenvalue weighted by Gasteiger charge is -2.08. The highest BCUT2D eigenvalue weighted by Gasteiger charge is 2.30. The molecule has 0 fully saturated rings. The van der Waals surface area contributed by atoms with Crippen molar-refractivity contribution in [2.75, 3.05) is 0 Å². The quantitative estimate of drug-likeness (QED) is 0.884. The van der Waals surface area contributed by atoms with E-state index in [0.717, 1.165) is 0 Å². The molecule has 0 radical (unpaired) electrons. The SMILES string of the molecule is CC.FC(F)(F)Oc1ccc(-c2ncc[nH]2)cc1. The number of aromatic nitrogens is 2. The second-order valence-electron chi connectivity index (χ2n) is 3.01. The van der Waals surface area contributed by atoms with Gasteiger partial charge in [0.2, 0.25) is 0 Å². The Labute approximate surface area is 103 Å². The first-order valence-corrected chi connectivity index (χ1v) is 5.40. The van der Waals surface area contributed by atoms with Gasteiger partial charge in [-0.25, -0.2) is 4.98 Å². The number of nitrogens with one attached hydrogen (secondary N) is 1. The number of benzene rings is 1. The molecule has 1 aromatic heterocycles. The molecular formula is C12H13F3N2O. The van der Waals surface area contributed by atoms with E-state index in [1.54, 1.807) is 12.4 Å². The smallest absolute Gasteiger partial charge is 0.406 e. The van der Waals surface area contributed by atoms with Crippen LogP contribution in [0.1, 0.15) is 13.8 Å². The second-order valence-corrected chi connectivity index (χ2v) is 3.01. The van der Waals surface area contributed by atoms with Crippen LogP contribution < -0.4 is 4.74 Å². The first kappa shape index (κ1) is 14.1. The van der Waals surface area contributed by atoms with Gasteiger partial charge in [-0.1, -0.05) is 13.8 Å². The van der Waals surface area contributed by atoms with E-state index in [4.69, 9.17) is 0 Å². The molecule has 3 nitrogen and oxygen atoms in total. The van der Waals surface area contributed by atoms with Gasteiger partial charge < -0.3 is 9.72 Å². The molecule has 0 atom stereocenters. The molecule has 18 heavy (non-hydrogen) atoms. The van der Waals surface area contributed by atoms with Crippen molar-refractivity contribution in [2.45, 2.75) is 20.2 Å². The molecule has 0 aliphatic heterocycles. The highest BCUT2D eigenvalue weighted by Crippen LogP contribution is 2.24. The van der Waals surface area contributed by atoms with Crippen LogP contribution in [0.5, 0.6) is 5.75 Å². The summed E-state index contributed by atoms with van der Waals surface area (Å²) in [6, 6.07) is 5.48. The summed E-state index contributed by atoms with van der Waals surface area (Å²) in [7, 11) is 0. The molecule has 6 heteroatoms. The molecule has 0 spiro atoms. The molecule has 2 aromatic rings. The van der Waals surface area contributed by atoms with E-state index >= 15 is 0 Å². The number of imidazole rings is 1. The largest absolute Gasteiger partial charge is 0.573 e. The Morgan fingerprint density at radius 3 is 2.17 bits per heavy atom. The van der Waals surface area contributed by atoms with Crippen LogP contribution in [0.15, 0.2) is 36.7 Å². The zero-order valence-corrected chi connectivity index (χ0v) is 9.95. The monoisotopic (exact) mass is 258 g/mol. The van der Waals surface area contributed by atoms with E-state index in [9.17, 15) is 13.2 Å². The van der Waals surface area contributed by atoms with Crippen molar-refractivity contribution >= 4 is 0 Å². The van der Waals surface area contributed by atoms with E-state index in [1.165, 1.54) is 24.3 Å². The first-order chi connectivity index (χ1) is 8.54. The molecule has 0 bridgehead atoms. The topological polar surface area (TPSA) is 37.9 Å². The molecular weight excluding hydrogens is 245 g/mol. The van der Waals surface area contributed by atoms with Crippen molar-refractivity contribution < 1.29 is 17.9 Å². The summed E-state index contributed by atoms with van der Waals surface area (Å²) in [6.07, 6.45) is -1.46. The van der Waals surface area contributed by atoms with Crippen molar-refractivity contribution in [3.8, 4) is 17.1 Å². The summed E-state index contributed by atoms with van der Waals surface area (Å²) in [6.45, 7) is 4.00. The third kappa shape index (κ3) is 4.12. The summed E-state index contributed by atoms with van der Waals surface area (Å²) in [5, 5.41) is 0. The number of halogens is 3. The fraction of sp³-hybridized carbons (Fsp3) is 0.250. The zero-order valence-electron chi connectivity index (χ0n) is 9.95. The highest BCUT2D eigenvalue weighted by molar-refractivity contribution is 5.55. The van der Waals surface area contributed by atoms with Crippen LogP contribution in [-0.4, -0.2) is 16.3 Å². The van der Waals surface area contributed by atoms with Gasteiger partial charge >= 0.3 is 6.36 Å². The lowest BCUT2D eigenvalue weighted by atomic mass is 10.2. The Balaban J connectivity index is 0.000000771. The van der Waals surface area contributed by atoms with Crippen molar-refractivity contribution in [3.05, 3.63) is 36.7 Å². The summed E-state index contributed by atoms with van der Waals surface area (Å²) in [4.78, 5) is 6.82. The molecule has 0 saturated heterocycles. The Morgan fingerprint density at radius 2 is 1.72 bits per heavy atom. The number of H-pyrrole nitrogens is 1. The van der Waals surface area contributed by atoms with Crippen molar-refractivity contribution in [1.82, 2.24) is 9.97 Å². The van der Waals surface area contributed by atoms with Crippen LogP contribution in [0.3, 0.4) is 0 Å². The zero-order chi connectivity index (χ0) is 13.6. The lowest BCUT2D eigenvalue weighted by Crippen LogP contribution is -2.16. The minimum absolute atomic E-state index is 0.247. The lowest BCUT2D eigenvalue weighted by molar-refractivity contribution is -0.274. The maximum atomic E-state index is 11.9. The fourth-order valence-corrected chi connectivity index (χ4v) is 1.24. The predicted octanol–water partition coefficient (Wildman–Crippen LogP) is 4.00. The number of alkyl halides is 3. The molecule has 0 unspecified atom stereocenters. The standard InChI is InChI=1S/C10H7F3N2O.C2H6/c11-10(12,13)16-8-3-1-7(2-4-8)9-14-5-6-15-9;1-2/h1-6H,(H,14,15);1-2H3. The van der Waals surface area contributed by atoms with Gasteiger partial charge in [0.1, 0.15) is 11.6 Å². The number of rotatable bonds is 2. The molecule has 2 rings (SSSR count). The molecule has 1 aromatic carbocycles. The second kappa shape index (κ2) is 6.09. The van der Waals surface area contributed by atoms with Crippen LogP contribution in [0.4, 0.5) is 13.2 Å². The fourth-order valence-electron chi connectivity index (χ4n) is 1.24. The van der Waals surface area contributed by atoms with Gasteiger partial charge in [-0.15, -0.1) is 13.2 Å². The third-order valence-electron chi connectivity index (χ3n) is 1.86. The van der Waals surface area contributed by atoms with Crippen LogP contribution in [-0.2, 0) is 0 Å². The highest BCUT2D eigenvalue weighted by atomic mass is 19.4. The molecule has 0 aliphatic carbocycles. The average Bonchev–Trinajstić information content (AvgIpc) is 2.84. The number of ether oxygens (including phenoxy) is 1. The Bertz CT molecular complexity index is 449. The van der Waals surface area contributed by atoms with Gasteiger partial charge in [0.05, 0.1) is 0 Å². The van der Waals surface area contributed by atoms with Gasteiger partial charge in [-0.3, -0.25) is 0 Å². The van der Waals surface area contributed by atoms with Crippen LogP contribution >= 0.6 is 0 Å². The van der Waals surface area contributed by atoms with Crippen molar-refractivity contribution in [2.24, 2.45) is 0 Å². The molecule has 1 N–H and O–H groups in total. The normalized spacial score (nSPS) is 10.5. The minimum atomic E-state index is -4.66. The van der Waals surface area contributed by atoms with Crippen molar-refractivity contribution in [1.29, 1.82) is 0 Å². The van der Waals surface area contributed by atoms with Gasteiger partial charge in [0.15, 0.2) is 0 Å². The first-order valence-electron chi connectivity index (χ1n) is 5.40. The van der Waals surface area contributed by atoms with Gasteiger partial charge in [0.25, 0.3) is 0 Å². The summed E-state index contributed by atoms with van der Waals surface area (Å²) in [5.41, 5.74) is 0.694. The number of aromatic amines is 1. The number of hydrogen-bond acceptors (Lipinski definition) is 2. The predicted molar refractivity (Wildman–Crippen MR) is 62.1 cm³/mol. The van der Waals surface area contributed by atoms with Crippen LogP contribution in [0.25, 0.3) is 11.4 Å². The molecule has 98 valence electrons. The Kier molecular flexibility index (Phi) is 4.76. The van der Waals surface area contributed by atoms with Gasteiger partial charge in [-0.05, 0) is 24.3 Å². The van der Waals surface area contributed by atoms with Crippen molar-refractivity contribution in [3.63, 3.8) is 0 Å². The van der Waals surface area contributed by atoms with Crippen LogP contribution in [0, 0.1) is 0 Å². The number of hydrogen-bond donors (Lipinski definition) is 1. The van der Waals surface area contributed by atoms with E-state index in [1.807, 2.05) is 13.8 Å². The van der Waals surface area contributed by atoms with Gasteiger partial charge in [-0.2, -0.15) is 0 Å². The van der Waals surface area contributed by atoms with Crippen LogP contribution in [0.2, 0.25) is 0 Å². The number of nitrogens with zero attached hydrogens (tertiary/aromatic N) is 1. The minimum Gasteiger partial charge on any atom is -0.406 e. The summed E-state index contributed by atoms with van der Waals surface area (Å²) >= 11 is 0. The molecule has 0 saturated carbocycles. The summed E-state index contributed by atoms with van der Waals surface area (Å²) < 4.78 is 39.4. The molecule has 0 amide bonds. The maximum absolute atomic E-state index is 11.9. The van der Waals surface area contributed by atoms with E-state index < -0.39 is 6.36 Å². The van der Waals surface area contributed by atoms with E-state index in [0.29, 0.717) is 11.4 Å². The van der Waals surface area contributed by atoms with E-state index in [2.05, 4.69) is 14.7 Å². The van der Waals surface area contributed by atoms with Gasteiger partial charge in [0, 0.05) is 18.0 Å². The Hall–Kier alpha value is -1.98. The third-order valence-corrected chi connectivity index (χ3v) is 1.86. The molecule has 0 aliphatic rings. The maximum Gasteiger partial charge on any atom is 0.573 e. The molecule has 1 heterocycles. The average molecular weight is 258 g/mol. The van der Waals surface area contributed by atoms with E-state index in [-0.39, 0.29) is 5.75 Å². The Morgan fingerprint density at radius 1 is 1.11 bits per heavy atom.